The number of rotatable bonds is 8. The summed E-state index contributed by atoms with van der Waals surface area (Å²) < 4.78 is 32.4. The van der Waals surface area contributed by atoms with E-state index in [1.54, 1.807) is 26.0 Å². The third-order valence-electron chi connectivity index (χ3n) is 3.09. The molecule has 0 aliphatic carbocycles. The van der Waals surface area contributed by atoms with Gasteiger partial charge >= 0.3 is 0 Å². The summed E-state index contributed by atoms with van der Waals surface area (Å²) in [5, 5.41) is 8.72. The molecule has 1 unspecified atom stereocenters. The molecule has 0 heterocycles. The first kappa shape index (κ1) is 19.9. The largest absolute Gasteiger partial charge is 0.489 e. The Labute approximate surface area is 142 Å². The van der Waals surface area contributed by atoms with Gasteiger partial charge in [-0.25, -0.2) is 13.9 Å². The van der Waals surface area contributed by atoms with Gasteiger partial charge in [0.15, 0.2) is 0 Å². The van der Waals surface area contributed by atoms with Gasteiger partial charge in [-0.3, -0.25) is 10.0 Å². The van der Waals surface area contributed by atoms with Crippen LogP contribution in [0.5, 0.6) is 5.75 Å². The Kier molecular flexibility index (Phi) is 7.67. The van der Waals surface area contributed by atoms with Gasteiger partial charge in [0.05, 0.1) is 4.90 Å². The van der Waals surface area contributed by atoms with Crippen LogP contribution in [0.15, 0.2) is 47.0 Å². The second-order valence-electron chi connectivity index (χ2n) is 5.26. The van der Waals surface area contributed by atoms with Gasteiger partial charge in [0.1, 0.15) is 18.4 Å². The Morgan fingerprint density at radius 2 is 1.96 bits per heavy atom. The number of benzene rings is 1. The van der Waals surface area contributed by atoms with Gasteiger partial charge in [0.25, 0.3) is 5.91 Å². The molecule has 1 aromatic carbocycles. The number of nitrogens with one attached hydrogen (secondary N) is 2. The molecule has 3 N–H and O–H groups in total. The molecule has 1 atom stereocenters. The molecule has 0 radical (unpaired) electrons. The maximum Gasteiger partial charge on any atom is 0.261 e. The van der Waals surface area contributed by atoms with Gasteiger partial charge in [-0.15, -0.1) is 5.73 Å². The molecule has 0 saturated heterocycles. The molecule has 0 spiro atoms. The number of carbonyl (C=O) groups is 1. The van der Waals surface area contributed by atoms with Crippen LogP contribution >= 0.6 is 0 Å². The summed E-state index contributed by atoms with van der Waals surface area (Å²) in [5.74, 6) is -0.645. The van der Waals surface area contributed by atoms with Gasteiger partial charge in [-0.1, -0.05) is 13.8 Å². The van der Waals surface area contributed by atoms with Crippen LogP contribution in [0, 0.1) is 5.92 Å². The molecule has 1 aromatic rings. The molecule has 7 nitrogen and oxygen atoms in total. The van der Waals surface area contributed by atoms with Crippen LogP contribution in [0.2, 0.25) is 0 Å². The van der Waals surface area contributed by atoms with Crippen molar-refractivity contribution in [1.29, 1.82) is 0 Å². The highest BCUT2D eigenvalue weighted by atomic mass is 32.2. The van der Waals surface area contributed by atoms with E-state index in [2.05, 4.69) is 10.5 Å². The van der Waals surface area contributed by atoms with E-state index in [4.69, 9.17) is 9.94 Å². The normalized spacial score (nSPS) is 12.2. The van der Waals surface area contributed by atoms with Crippen molar-refractivity contribution in [3.05, 3.63) is 42.1 Å². The van der Waals surface area contributed by atoms with Crippen LogP contribution in [0.25, 0.3) is 0 Å². The summed E-state index contributed by atoms with van der Waals surface area (Å²) in [4.78, 5) is 11.6. The molecule has 0 aliphatic rings. The minimum atomic E-state index is -3.91. The van der Waals surface area contributed by atoms with E-state index >= 15 is 0 Å². The maximum atomic E-state index is 12.3. The van der Waals surface area contributed by atoms with Gasteiger partial charge < -0.3 is 4.74 Å². The number of hydroxylamine groups is 1. The Balaban J connectivity index is 2.87. The maximum absolute atomic E-state index is 12.3. The van der Waals surface area contributed by atoms with Crippen LogP contribution in [0.3, 0.4) is 0 Å². The van der Waals surface area contributed by atoms with Crippen molar-refractivity contribution in [3.8, 4) is 5.75 Å². The smallest absolute Gasteiger partial charge is 0.261 e. The molecule has 132 valence electrons. The summed E-state index contributed by atoms with van der Waals surface area (Å²) in [5.41, 5.74) is 4.33. The van der Waals surface area contributed by atoms with E-state index < -0.39 is 22.0 Å². The zero-order valence-electron chi connectivity index (χ0n) is 13.8. The lowest BCUT2D eigenvalue weighted by molar-refractivity contribution is -0.131. The van der Waals surface area contributed by atoms with E-state index in [1.165, 1.54) is 29.7 Å². The van der Waals surface area contributed by atoms with E-state index in [0.29, 0.717) is 12.4 Å². The molecule has 1 amide bonds. The quantitative estimate of drug-likeness (QED) is 0.374. The SMILES string of the molecule is CC=C=CCOc1ccc(S(=O)(=O)NC(C(=O)NO)C(C)C)cc1. The Morgan fingerprint density at radius 1 is 1.33 bits per heavy atom. The average molecular weight is 354 g/mol. The summed E-state index contributed by atoms with van der Waals surface area (Å²) in [6.45, 7) is 5.49. The summed E-state index contributed by atoms with van der Waals surface area (Å²) in [6, 6.07) is 4.72. The highest BCUT2D eigenvalue weighted by molar-refractivity contribution is 7.89. The van der Waals surface area contributed by atoms with E-state index in [-0.39, 0.29) is 10.8 Å². The summed E-state index contributed by atoms with van der Waals surface area (Å²) in [6.07, 6.45) is 3.45. The molecule has 1 rings (SSSR count). The first-order valence-corrected chi connectivity index (χ1v) is 8.84. The number of hydrogen-bond donors (Lipinski definition) is 3. The molecule has 0 aromatic heterocycles. The molecule has 24 heavy (non-hydrogen) atoms. The van der Waals surface area contributed by atoms with Crippen molar-refractivity contribution in [2.24, 2.45) is 5.92 Å². The lowest BCUT2D eigenvalue weighted by Crippen LogP contribution is -2.48. The molecular weight excluding hydrogens is 332 g/mol. The third-order valence-corrected chi connectivity index (χ3v) is 4.55. The zero-order chi connectivity index (χ0) is 18.2. The van der Waals surface area contributed by atoms with Crippen molar-refractivity contribution in [2.45, 2.75) is 31.7 Å². The Bertz CT molecular complexity index is 704. The van der Waals surface area contributed by atoms with Crippen LogP contribution in [-0.2, 0) is 14.8 Å². The fraction of sp³-hybridized carbons (Fsp3) is 0.375. The molecular formula is C16H22N2O5S. The molecule has 0 saturated carbocycles. The van der Waals surface area contributed by atoms with Gasteiger partial charge in [0, 0.05) is 0 Å². The highest BCUT2D eigenvalue weighted by Gasteiger charge is 2.28. The predicted octanol–water partition coefficient (Wildman–Crippen LogP) is 1.60. The minimum absolute atomic E-state index is 0.00441. The van der Waals surface area contributed by atoms with Crippen LogP contribution < -0.4 is 14.9 Å². The first-order chi connectivity index (χ1) is 11.3. The number of carbonyl (C=O) groups excluding carboxylic acids is 1. The topological polar surface area (TPSA) is 105 Å². The lowest BCUT2D eigenvalue weighted by Gasteiger charge is -2.20. The van der Waals surface area contributed by atoms with Crippen molar-refractivity contribution in [2.75, 3.05) is 6.61 Å². The standard InChI is InChI=1S/C16H22N2O5S/c1-4-5-6-11-23-13-7-9-14(10-8-13)24(21,22)18-15(12(2)3)16(19)17-20/h4,6-10,12,15,18,20H,11H2,1-3H3,(H,17,19). The average Bonchev–Trinajstić information content (AvgIpc) is 2.56. The summed E-state index contributed by atoms with van der Waals surface area (Å²) >= 11 is 0. The van der Waals surface area contributed by atoms with Gasteiger partial charge in [0.2, 0.25) is 10.0 Å². The predicted molar refractivity (Wildman–Crippen MR) is 89.1 cm³/mol. The van der Waals surface area contributed by atoms with Crippen LogP contribution in [-0.4, -0.2) is 32.2 Å². The Morgan fingerprint density at radius 3 is 2.46 bits per heavy atom. The van der Waals surface area contributed by atoms with Gasteiger partial charge in [-0.05, 0) is 49.3 Å². The summed E-state index contributed by atoms with van der Waals surface area (Å²) in [7, 11) is -3.91. The second kappa shape index (κ2) is 9.24. The van der Waals surface area contributed by atoms with Crippen molar-refractivity contribution in [1.82, 2.24) is 10.2 Å². The number of sulfonamides is 1. The lowest BCUT2D eigenvalue weighted by atomic mass is 10.1. The fourth-order valence-electron chi connectivity index (χ4n) is 1.82. The molecule has 0 bridgehead atoms. The third kappa shape index (κ3) is 5.82. The second-order valence-corrected chi connectivity index (χ2v) is 6.97. The van der Waals surface area contributed by atoms with E-state index in [0.717, 1.165) is 0 Å². The minimum Gasteiger partial charge on any atom is -0.489 e. The monoisotopic (exact) mass is 354 g/mol. The van der Waals surface area contributed by atoms with Crippen LogP contribution in [0.1, 0.15) is 20.8 Å². The Hall–Kier alpha value is -2.12. The molecule has 8 heteroatoms. The highest BCUT2D eigenvalue weighted by Crippen LogP contribution is 2.17. The molecule has 0 aliphatic heterocycles. The van der Waals surface area contributed by atoms with E-state index in [9.17, 15) is 13.2 Å². The van der Waals surface area contributed by atoms with Crippen molar-refractivity contribution >= 4 is 15.9 Å². The number of ether oxygens (including phenoxy) is 1. The van der Waals surface area contributed by atoms with Crippen molar-refractivity contribution in [3.63, 3.8) is 0 Å². The fourth-order valence-corrected chi connectivity index (χ4v) is 3.16. The van der Waals surface area contributed by atoms with Crippen molar-refractivity contribution < 1.29 is 23.2 Å². The zero-order valence-corrected chi connectivity index (χ0v) is 14.6. The first-order valence-electron chi connectivity index (χ1n) is 7.36. The molecule has 0 fully saturated rings. The number of amides is 1. The van der Waals surface area contributed by atoms with Crippen LogP contribution in [0.4, 0.5) is 0 Å². The number of hydrogen-bond acceptors (Lipinski definition) is 5. The van der Waals surface area contributed by atoms with E-state index in [1.807, 2.05) is 6.92 Å². The van der Waals surface area contributed by atoms with Gasteiger partial charge in [-0.2, -0.15) is 4.72 Å².